The Hall–Kier alpha value is -1.67. The van der Waals surface area contributed by atoms with Crippen molar-refractivity contribution in [2.75, 3.05) is 13.7 Å². The van der Waals surface area contributed by atoms with E-state index in [1.54, 1.807) is 7.05 Å². The Bertz CT molecular complexity index is 710. The first kappa shape index (κ1) is 22.0. The van der Waals surface area contributed by atoms with Crippen LogP contribution in [0.1, 0.15) is 48.0 Å². The van der Waals surface area contributed by atoms with E-state index in [4.69, 9.17) is 4.74 Å². The van der Waals surface area contributed by atoms with Gasteiger partial charge in [0.15, 0.2) is 0 Å². The molecular weight excluding hydrogens is 374 g/mol. The maximum absolute atomic E-state index is 13.7. The highest BCUT2D eigenvalue weighted by atomic mass is 16.5. The molecule has 8 nitrogen and oxygen atoms in total. The number of nitrogens with zero attached hydrogens (tertiary/aromatic N) is 1. The van der Waals surface area contributed by atoms with Crippen molar-refractivity contribution in [1.29, 1.82) is 0 Å². The first-order valence-electron chi connectivity index (χ1n) is 10.6. The van der Waals surface area contributed by atoms with Gasteiger partial charge in [-0.15, -0.1) is 0 Å². The molecule has 0 aromatic rings. The highest BCUT2D eigenvalue weighted by Crippen LogP contribution is 2.65. The molecule has 29 heavy (non-hydrogen) atoms. The molecule has 3 saturated heterocycles. The van der Waals surface area contributed by atoms with E-state index in [1.165, 1.54) is 4.90 Å². The van der Waals surface area contributed by atoms with E-state index in [2.05, 4.69) is 10.6 Å². The van der Waals surface area contributed by atoms with Crippen LogP contribution in [0.15, 0.2) is 0 Å². The number of hydrogen-bond donors (Lipinski definition) is 3. The number of likely N-dealkylation sites (tertiary alicyclic amines) is 1. The van der Waals surface area contributed by atoms with E-state index >= 15 is 0 Å². The summed E-state index contributed by atoms with van der Waals surface area (Å²) in [4.78, 5) is 41.5. The quantitative estimate of drug-likeness (QED) is 0.584. The molecule has 8 heteroatoms. The summed E-state index contributed by atoms with van der Waals surface area (Å²) in [6.07, 6.45) is 0.524. The fourth-order valence-electron chi connectivity index (χ4n) is 5.87. The van der Waals surface area contributed by atoms with Crippen LogP contribution in [0.25, 0.3) is 0 Å². The number of fused-ring (bicyclic) bond motifs is 1. The predicted molar refractivity (Wildman–Crippen MR) is 107 cm³/mol. The third-order valence-electron chi connectivity index (χ3n) is 7.27. The van der Waals surface area contributed by atoms with Gasteiger partial charge in [0.1, 0.15) is 11.6 Å². The minimum atomic E-state index is -1.07. The van der Waals surface area contributed by atoms with E-state index in [0.717, 1.165) is 0 Å². The number of nitrogens with one attached hydrogen (secondary N) is 2. The van der Waals surface area contributed by atoms with Crippen LogP contribution in [-0.4, -0.2) is 70.7 Å². The first-order chi connectivity index (χ1) is 13.5. The van der Waals surface area contributed by atoms with Gasteiger partial charge in [-0.3, -0.25) is 14.4 Å². The van der Waals surface area contributed by atoms with Crippen LogP contribution in [0.5, 0.6) is 0 Å². The lowest BCUT2D eigenvalue weighted by Gasteiger charge is -2.38. The Morgan fingerprint density at radius 3 is 2.38 bits per heavy atom. The molecular formula is C21H35N3O5. The average Bonchev–Trinajstić information content (AvgIpc) is 3.12. The molecule has 3 aliphatic rings. The normalized spacial score (nSPS) is 39.2. The second kappa shape index (κ2) is 7.23. The van der Waals surface area contributed by atoms with Crippen LogP contribution in [0, 0.1) is 23.7 Å². The van der Waals surface area contributed by atoms with Gasteiger partial charge in [0.05, 0.1) is 30.1 Å². The summed E-state index contributed by atoms with van der Waals surface area (Å²) in [7, 11) is 1.56. The minimum absolute atomic E-state index is 0.00905. The van der Waals surface area contributed by atoms with E-state index < -0.39 is 35.1 Å². The number of ether oxygens (including phenoxy) is 1. The molecule has 3 fully saturated rings. The number of carbonyl (C=O) groups is 3. The third-order valence-corrected chi connectivity index (χ3v) is 7.27. The Kier molecular flexibility index (Phi) is 5.49. The topological polar surface area (TPSA) is 108 Å². The summed E-state index contributed by atoms with van der Waals surface area (Å²) in [6.45, 7) is 11.2. The van der Waals surface area contributed by atoms with Gasteiger partial charge in [0.2, 0.25) is 17.7 Å². The van der Waals surface area contributed by atoms with Gasteiger partial charge < -0.3 is 25.4 Å². The van der Waals surface area contributed by atoms with Gasteiger partial charge >= 0.3 is 0 Å². The van der Waals surface area contributed by atoms with Gasteiger partial charge in [-0.1, -0.05) is 20.8 Å². The first-order valence-corrected chi connectivity index (χ1v) is 10.6. The minimum Gasteiger partial charge on any atom is -0.394 e. The Labute approximate surface area is 172 Å². The van der Waals surface area contributed by atoms with Crippen molar-refractivity contribution in [1.82, 2.24) is 15.5 Å². The Morgan fingerprint density at radius 1 is 1.28 bits per heavy atom. The monoisotopic (exact) mass is 409 g/mol. The van der Waals surface area contributed by atoms with Gasteiger partial charge in [0.25, 0.3) is 0 Å². The number of aliphatic hydroxyl groups excluding tert-OH is 1. The molecule has 0 aromatic carbocycles. The van der Waals surface area contributed by atoms with E-state index in [9.17, 15) is 19.5 Å². The third kappa shape index (κ3) is 2.90. The van der Waals surface area contributed by atoms with Gasteiger partial charge in [-0.25, -0.2) is 0 Å². The van der Waals surface area contributed by atoms with E-state index in [0.29, 0.717) is 6.42 Å². The van der Waals surface area contributed by atoms with Crippen molar-refractivity contribution in [3.8, 4) is 0 Å². The summed E-state index contributed by atoms with van der Waals surface area (Å²) in [5, 5.41) is 15.7. The molecule has 0 radical (unpaired) electrons. The second-order valence-electron chi connectivity index (χ2n) is 9.72. The van der Waals surface area contributed by atoms with E-state index in [1.807, 2.05) is 41.5 Å². The zero-order valence-corrected chi connectivity index (χ0v) is 18.5. The van der Waals surface area contributed by atoms with Gasteiger partial charge in [-0.2, -0.15) is 0 Å². The number of aliphatic hydroxyl groups is 1. The summed E-state index contributed by atoms with van der Waals surface area (Å²) in [5.74, 6) is -2.26. The molecule has 3 heterocycles. The average molecular weight is 410 g/mol. The zero-order valence-electron chi connectivity index (χ0n) is 18.5. The molecule has 0 aromatic heterocycles. The predicted octanol–water partition coefficient (Wildman–Crippen LogP) is 0.285. The summed E-state index contributed by atoms with van der Waals surface area (Å²) >= 11 is 0. The highest BCUT2D eigenvalue weighted by Gasteiger charge is 2.80. The van der Waals surface area contributed by atoms with E-state index in [-0.39, 0.29) is 42.2 Å². The molecule has 164 valence electrons. The van der Waals surface area contributed by atoms with Crippen LogP contribution in [0.3, 0.4) is 0 Å². The fourth-order valence-corrected chi connectivity index (χ4v) is 5.87. The molecule has 0 saturated carbocycles. The highest BCUT2D eigenvalue weighted by molar-refractivity contribution is 5.99. The molecule has 0 aliphatic carbocycles. The maximum atomic E-state index is 13.7. The molecule has 3 rings (SSSR count). The summed E-state index contributed by atoms with van der Waals surface area (Å²) < 4.78 is 6.54. The largest absolute Gasteiger partial charge is 0.394 e. The van der Waals surface area contributed by atoms with Crippen molar-refractivity contribution in [3.63, 3.8) is 0 Å². The molecule has 1 spiro atoms. The summed E-state index contributed by atoms with van der Waals surface area (Å²) in [6, 6.07) is -1.51. The van der Waals surface area contributed by atoms with Crippen LogP contribution in [0.2, 0.25) is 0 Å². The van der Waals surface area contributed by atoms with Crippen LogP contribution in [0.4, 0.5) is 0 Å². The number of hydrogen-bond acceptors (Lipinski definition) is 5. The zero-order chi connectivity index (χ0) is 21.9. The van der Waals surface area contributed by atoms with Crippen molar-refractivity contribution >= 4 is 17.7 Å². The van der Waals surface area contributed by atoms with Crippen molar-refractivity contribution < 1.29 is 24.2 Å². The lowest BCUT2D eigenvalue weighted by Crippen LogP contribution is -2.59. The van der Waals surface area contributed by atoms with Crippen molar-refractivity contribution in [2.24, 2.45) is 23.7 Å². The molecule has 3 amide bonds. The lowest BCUT2D eigenvalue weighted by molar-refractivity contribution is -0.152. The number of rotatable bonds is 6. The van der Waals surface area contributed by atoms with Crippen LogP contribution >= 0.6 is 0 Å². The van der Waals surface area contributed by atoms with Crippen LogP contribution in [-0.2, 0) is 19.1 Å². The molecule has 2 bridgehead atoms. The number of carbonyl (C=O) groups excluding carboxylic acids is 3. The van der Waals surface area contributed by atoms with Crippen LogP contribution < -0.4 is 10.6 Å². The molecule has 3 unspecified atom stereocenters. The molecule has 3 aliphatic heterocycles. The van der Waals surface area contributed by atoms with Gasteiger partial charge in [0, 0.05) is 13.1 Å². The smallest absolute Gasteiger partial charge is 0.246 e. The van der Waals surface area contributed by atoms with Gasteiger partial charge in [-0.05, 0) is 39.0 Å². The Morgan fingerprint density at radius 2 is 1.90 bits per heavy atom. The molecule has 7 atom stereocenters. The summed E-state index contributed by atoms with van der Waals surface area (Å²) in [5.41, 5.74) is -1.88. The van der Waals surface area contributed by atoms with Crippen molar-refractivity contribution in [2.45, 2.75) is 77.3 Å². The standard InChI is InChI=1S/C21H35N3O5/c1-10(2)13(9-25)24-16(18(27)23-11(3)4)21-8-12(5)20(6,29-21)14(17(26)22-7)15(21)19(24)28/h10-16,25H,8-9H2,1-7H3,(H,22,26)(H,23,27)/t12?,13-,14+,15-,16?,20-,21?/m0/s1. The maximum Gasteiger partial charge on any atom is 0.246 e. The Balaban J connectivity index is 2.17. The number of amides is 3. The SMILES string of the molecule is CNC(=O)[C@H]1[C@H]2C(=O)N([C@@H](CO)C(C)C)C(C(=O)NC(C)C)C23CC(C)[C@]1(C)O3. The van der Waals surface area contributed by atoms with Crippen molar-refractivity contribution in [3.05, 3.63) is 0 Å². The molecule has 3 N–H and O–H groups in total. The second-order valence-corrected chi connectivity index (χ2v) is 9.72. The fraction of sp³-hybridized carbons (Fsp3) is 0.857. The lowest BCUT2D eigenvalue weighted by atomic mass is 9.62.